The van der Waals surface area contributed by atoms with Crippen molar-refractivity contribution in [2.75, 3.05) is 31.3 Å². The van der Waals surface area contributed by atoms with E-state index in [9.17, 15) is 14.0 Å². The van der Waals surface area contributed by atoms with Gasteiger partial charge in [-0.3, -0.25) is 14.2 Å². The first-order valence-electron chi connectivity index (χ1n) is 13.1. The predicted molar refractivity (Wildman–Crippen MR) is 152 cm³/mol. The lowest BCUT2D eigenvalue weighted by molar-refractivity contribution is -0.111. The van der Waals surface area contributed by atoms with Crippen LogP contribution in [0.1, 0.15) is 31.7 Å². The molecule has 2 N–H and O–H groups in total. The van der Waals surface area contributed by atoms with E-state index < -0.39 is 5.82 Å². The molecule has 3 aromatic heterocycles. The number of carbonyl (C=O) groups is 1. The van der Waals surface area contributed by atoms with Crippen LogP contribution in [0.4, 0.5) is 21.7 Å². The lowest BCUT2D eigenvalue weighted by Gasteiger charge is -2.18. The van der Waals surface area contributed by atoms with Crippen molar-refractivity contribution in [3.8, 4) is 11.6 Å². The molecule has 0 spiro atoms. The summed E-state index contributed by atoms with van der Waals surface area (Å²) in [5.74, 6) is -0.217. The number of fused-ring (bicyclic) bond motifs is 1. The lowest BCUT2D eigenvalue weighted by atomic mass is 10.2. The maximum Gasteiger partial charge on any atom is 0.295 e. The zero-order chi connectivity index (χ0) is 28.1. The van der Waals surface area contributed by atoms with Crippen LogP contribution in [0.15, 0.2) is 71.8 Å². The van der Waals surface area contributed by atoms with Gasteiger partial charge in [-0.2, -0.15) is 4.98 Å². The Hall–Kier alpha value is -4.64. The maximum atomic E-state index is 13.6. The lowest BCUT2D eigenvalue weighted by Crippen LogP contribution is -2.25. The van der Waals surface area contributed by atoms with E-state index in [-0.39, 0.29) is 29.1 Å². The van der Waals surface area contributed by atoms with E-state index >= 15 is 0 Å². The molecule has 1 fully saturated rings. The Morgan fingerprint density at radius 1 is 1.12 bits per heavy atom. The summed E-state index contributed by atoms with van der Waals surface area (Å²) in [5.41, 5.74) is 1.45. The minimum atomic E-state index is -0.493. The fourth-order valence-electron chi connectivity index (χ4n) is 4.62. The Kier molecular flexibility index (Phi) is 8.11. The van der Waals surface area contributed by atoms with Crippen LogP contribution < -0.4 is 20.9 Å². The smallest absolute Gasteiger partial charge is 0.295 e. The van der Waals surface area contributed by atoms with E-state index in [1.165, 1.54) is 18.2 Å². The van der Waals surface area contributed by atoms with Gasteiger partial charge in [-0.1, -0.05) is 25.0 Å². The van der Waals surface area contributed by atoms with Crippen molar-refractivity contribution >= 4 is 34.3 Å². The number of nitrogens with one attached hydrogen (secondary N) is 2. The number of aromatic nitrogens is 4. The highest BCUT2D eigenvalue weighted by molar-refractivity contribution is 5.99. The highest BCUT2D eigenvalue weighted by Crippen LogP contribution is 2.32. The number of ether oxygens (including phenoxy) is 1. The molecule has 4 aromatic rings. The summed E-state index contributed by atoms with van der Waals surface area (Å²) in [6, 6.07) is 11.4. The highest BCUT2D eigenvalue weighted by Gasteiger charge is 2.24. The van der Waals surface area contributed by atoms with Crippen LogP contribution in [0.3, 0.4) is 0 Å². The van der Waals surface area contributed by atoms with Crippen molar-refractivity contribution in [3.05, 3.63) is 83.2 Å². The molecule has 1 aromatic carbocycles. The number of likely N-dealkylation sites (N-methyl/N-ethyl adjacent to an activating group) is 1. The molecule has 10 nitrogen and oxygen atoms in total. The van der Waals surface area contributed by atoms with E-state index in [1.54, 1.807) is 35.0 Å². The third-order valence-corrected chi connectivity index (χ3v) is 6.47. The fraction of sp³-hybridized carbons (Fsp3) is 0.276. The average molecular weight is 544 g/mol. The number of hydrogen-bond donors (Lipinski definition) is 2. The molecule has 11 heteroatoms. The Bertz CT molecular complexity index is 1600. The third kappa shape index (κ3) is 6.49. The Morgan fingerprint density at radius 3 is 2.67 bits per heavy atom. The molecular formula is C29H30FN7O3. The topological polar surface area (TPSA) is 114 Å². The van der Waals surface area contributed by atoms with Crippen molar-refractivity contribution < 1.29 is 13.9 Å². The van der Waals surface area contributed by atoms with Gasteiger partial charge in [0.25, 0.3) is 5.56 Å². The molecule has 1 saturated carbocycles. The SMILES string of the molecule is CN(C)C/C=C/C(=O)Nc1cccc(Nc2ncc3cc(Oc4ccc(F)cn4)c(=O)n(C4CCCC4)c3n2)c1. The van der Waals surface area contributed by atoms with Gasteiger partial charge in [-0.25, -0.2) is 14.4 Å². The van der Waals surface area contributed by atoms with Gasteiger partial charge in [0.05, 0.1) is 6.20 Å². The first-order chi connectivity index (χ1) is 19.4. The van der Waals surface area contributed by atoms with Gasteiger partial charge in [0.15, 0.2) is 5.75 Å². The Balaban J connectivity index is 1.42. The van der Waals surface area contributed by atoms with Crippen molar-refractivity contribution in [2.45, 2.75) is 31.7 Å². The molecule has 3 heterocycles. The fourth-order valence-corrected chi connectivity index (χ4v) is 4.62. The molecule has 0 saturated heterocycles. The zero-order valence-electron chi connectivity index (χ0n) is 22.3. The van der Waals surface area contributed by atoms with Gasteiger partial charge in [-0.05, 0) is 57.3 Å². The van der Waals surface area contributed by atoms with Gasteiger partial charge < -0.3 is 20.3 Å². The minimum Gasteiger partial charge on any atom is -0.433 e. The molecule has 5 rings (SSSR count). The molecule has 206 valence electrons. The number of rotatable bonds is 9. The van der Waals surface area contributed by atoms with E-state index in [1.807, 2.05) is 31.1 Å². The van der Waals surface area contributed by atoms with Crippen LogP contribution in [0.2, 0.25) is 0 Å². The van der Waals surface area contributed by atoms with Gasteiger partial charge in [-0.15, -0.1) is 0 Å². The molecule has 0 bridgehead atoms. The van der Waals surface area contributed by atoms with Crippen LogP contribution in [0.5, 0.6) is 11.6 Å². The molecule has 1 amide bonds. The van der Waals surface area contributed by atoms with E-state index in [4.69, 9.17) is 9.72 Å². The molecule has 0 aliphatic heterocycles. The Labute approximate surface area is 230 Å². The summed E-state index contributed by atoms with van der Waals surface area (Å²) in [6.07, 6.45) is 9.69. The summed E-state index contributed by atoms with van der Waals surface area (Å²) >= 11 is 0. The number of amides is 1. The van der Waals surface area contributed by atoms with Crippen LogP contribution in [-0.2, 0) is 4.79 Å². The number of carbonyl (C=O) groups excluding carboxylic acids is 1. The van der Waals surface area contributed by atoms with Crippen LogP contribution in [0, 0.1) is 5.82 Å². The summed E-state index contributed by atoms with van der Waals surface area (Å²) in [4.78, 5) is 40.8. The molecule has 0 atom stereocenters. The van der Waals surface area contributed by atoms with E-state index in [0.29, 0.717) is 34.9 Å². The highest BCUT2D eigenvalue weighted by atomic mass is 19.1. The average Bonchev–Trinajstić information content (AvgIpc) is 3.45. The number of anilines is 3. The number of halogens is 1. The molecule has 1 aliphatic rings. The number of pyridine rings is 2. The molecule has 0 unspecified atom stereocenters. The summed E-state index contributed by atoms with van der Waals surface area (Å²) < 4.78 is 20.7. The maximum absolute atomic E-state index is 13.6. The van der Waals surface area contributed by atoms with Crippen LogP contribution >= 0.6 is 0 Å². The number of benzene rings is 1. The van der Waals surface area contributed by atoms with Gasteiger partial charge in [0.2, 0.25) is 17.7 Å². The molecule has 40 heavy (non-hydrogen) atoms. The number of nitrogens with zero attached hydrogens (tertiary/aromatic N) is 5. The van der Waals surface area contributed by atoms with Crippen LogP contribution in [-0.4, -0.2) is 51.0 Å². The van der Waals surface area contributed by atoms with Crippen molar-refractivity contribution in [3.63, 3.8) is 0 Å². The second-order valence-electron chi connectivity index (χ2n) is 9.87. The standard InChI is InChI=1S/C29H30FN7O3/c1-36(2)14-6-11-25(38)33-21-7-5-8-22(16-21)34-29-32-17-19-15-24(40-26-13-12-20(30)18-31-26)28(39)37(27(19)35-29)23-9-3-4-10-23/h5-8,11-13,15-18,23H,3-4,9-10,14H2,1-2H3,(H,33,38)(H,32,34,35)/b11-6+. The minimum absolute atomic E-state index is 0.0263. The van der Waals surface area contributed by atoms with Gasteiger partial charge in [0.1, 0.15) is 11.5 Å². The largest absolute Gasteiger partial charge is 0.433 e. The quantitative estimate of drug-likeness (QED) is 0.283. The van der Waals surface area contributed by atoms with Crippen molar-refractivity contribution in [1.82, 2.24) is 24.4 Å². The van der Waals surface area contributed by atoms with Gasteiger partial charge >= 0.3 is 0 Å². The zero-order valence-corrected chi connectivity index (χ0v) is 22.3. The molecular weight excluding hydrogens is 513 g/mol. The van der Waals surface area contributed by atoms with E-state index in [2.05, 4.69) is 20.6 Å². The molecule has 1 aliphatic carbocycles. The van der Waals surface area contributed by atoms with Crippen molar-refractivity contribution in [2.24, 2.45) is 0 Å². The first-order valence-corrected chi connectivity index (χ1v) is 13.1. The van der Waals surface area contributed by atoms with Crippen LogP contribution in [0.25, 0.3) is 11.0 Å². The van der Waals surface area contributed by atoms with Gasteiger partial charge in [0, 0.05) is 47.7 Å². The first kappa shape index (κ1) is 26.9. The summed E-state index contributed by atoms with van der Waals surface area (Å²) in [6.45, 7) is 0.664. The van der Waals surface area contributed by atoms with Crippen molar-refractivity contribution in [1.29, 1.82) is 0 Å². The summed E-state index contributed by atoms with van der Waals surface area (Å²) in [7, 11) is 3.86. The molecule has 0 radical (unpaired) electrons. The second-order valence-corrected chi connectivity index (χ2v) is 9.87. The summed E-state index contributed by atoms with van der Waals surface area (Å²) in [5, 5.41) is 6.64. The normalized spacial score (nSPS) is 13.8. The number of hydrogen-bond acceptors (Lipinski definition) is 8. The third-order valence-electron chi connectivity index (χ3n) is 6.47. The predicted octanol–water partition coefficient (Wildman–Crippen LogP) is 5.03. The van der Waals surface area contributed by atoms with E-state index in [0.717, 1.165) is 31.9 Å². The monoisotopic (exact) mass is 543 g/mol. The Morgan fingerprint density at radius 2 is 1.93 bits per heavy atom. The second kappa shape index (κ2) is 12.0.